The van der Waals surface area contributed by atoms with Gasteiger partial charge in [-0.05, 0) is 60.9 Å². The highest BCUT2D eigenvalue weighted by Crippen LogP contribution is 2.25. The van der Waals surface area contributed by atoms with Gasteiger partial charge in [0.05, 0.1) is 18.8 Å². The molecule has 0 bridgehead atoms. The number of amides is 1. The van der Waals surface area contributed by atoms with Crippen LogP contribution in [0.2, 0.25) is 0 Å². The normalized spacial score (nSPS) is 21.1. The number of hydrogen-bond acceptors (Lipinski definition) is 7. The van der Waals surface area contributed by atoms with E-state index in [9.17, 15) is 15.0 Å². The van der Waals surface area contributed by atoms with Gasteiger partial charge in [-0.15, -0.1) is 0 Å². The van der Waals surface area contributed by atoms with Crippen molar-refractivity contribution in [2.75, 3.05) is 56.9 Å². The minimum Gasteiger partial charge on any atom is -0.366 e. The van der Waals surface area contributed by atoms with Crippen LogP contribution in [0.4, 0.5) is 11.5 Å². The van der Waals surface area contributed by atoms with Gasteiger partial charge in [0.2, 0.25) is 0 Å². The molecule has 0 radical (unpaired) electrons. The van der Waals surface area contributed by atoms with E-state index < -0.39 is 6.29 Å². The molecule has 9 heteroatoms. The number of nitrogens with zero attached hydrogens (tertiary/aromatic N) is 3. The number of aliphatic hydroxyl groups is 2. The fraction of sp³-hybridized carbons (Fsp3) is 0.419. The predicted molar refractivity (Wildman–Crippen MR) is 160 cm³/mol. The number of fused-ring (bicyclic) bond motifs is 1. The Balaban J connectivity index is 1.22. The Morgan fingerprint density at radius 1 is 1.18 bits per heavy atom. The number of hydrogen-bond donors (Lipinski definition) is 5. The smallest absolute Gasteiger partial charge is 0.255 e. The molecule has 3 heterocycles. The first kappa shape index (κ1) is 28.0. The van der Waals surface area contributed by atoms with Crippen LogP contribution < -0.4 is 10.6 Å². The van der Waals surface area contributed by atoms with Gasteiger partial charge in [0, 0.05) is 61.7 Å². The number of aliphatic hydroxyl groups excluding tert-OH is 1. The van der Waals surface area contributed by atoms with Crippen LogP contribution >= 0.6 is 0 Å². The SMILES string of the molecule is Cc1ccc(NC(=O)C2=CC=C(CN3CCN(C)CC3)C(C)C=C2)cc1CN=C1CNc2[nH]c(C(O)O)cc2C1. The van der Waals surface area contributed by atoms with E-state index in [4.69, 9.17) is 4.99 Å². The molecule has 1 aliphatic carbocycles. The van der Waals surface area contributed by atoms with E-state index in [0.717, 1.165) is 66.6 Å². The Kier molecular flexibility index (Phi) is 8.66. The minimum absolute atomic E-state index is 0.125. The Morgan fingerprint density at radius 2 is 1.98 bits per heavy atom. The Morgan fingerprint density at radius 3 is 2.75 bits per heavy atom. The molecule has 1 fully saturated rings. The molecule has 1 aromatic carbocycles. The van der Waals surface area contributed by atoms with Crippen LogP contribution in [0.1, 0.15) is 35.6 Å². The summed E-state index contributed by atoms with van der Waals surface area (Å²) in [7, 11) is 2.17. The molecule has 1 atom stereocenters. The summed E-state index contributed by atoms with van der Waals surface area (Å²) in [6, 6.07) is 7.69. The van der Waals surface area contributed by atoms with Crippen molar-refractivity contribution in [2.45, 2.75) is 33.1 Å². The molecule has 5 N–H and O–H groups in total. The summed E-state index contributed by atoms with van der Waals surface area (Å²) >= 11 is 0. The number of allylic oxidation sites excluding steroid dienone is 3. The van der Waals surface area contributed by atoms with Gasteiger partial charge in [-0.1, -0.05) is 31.2 Å². The van der Waals surface area contributed by atoms with Crippen molar-refractivity contribution in [1.82, 2.24) is 14.8 Å². The number of carbonyl (C=O) groups excluding carboxylic acids is 1. The maximum atomic E-state index is 13.2. The van der Waals surface area contributed by atoms with Gasteiger partial charge in [-0.2, -0.15) is 0 Å². The second-order valence-electron chi connectivity index (χ2n) is 11.1. The lowest BCUT2D eigenvalue weighted by Crippen LogP contribution is -2.45. The Labute approximate surface area is 236 Å². The number of benzene rings is 1. The van der Waals surface area contributed by atoms with Gasteiger partial charge in [0.15, 0.2) is 6.29 Å². The third-order valence-electron chi connectivity index (χ3n) is 8.03. The first-order valence-corrected chi connectivity index (χ1v) is 14.0. The summed E-state index contributed by atoms with van der Waals surface area (Å²) in [5.41, 5.74) is 7.19. The van der Waals surface area contributed by atoms with Crippen molar-refractivity contribution in [3.63, 3.8) is 0 Å². The molecular weight excluding hydrogens is 504 g/mol. The highest BCUT2D eigenvalue weighted by molar-refractivity contribution is 6.06. The molecule has 2 aromatic rings. The molecule has 1 saturated heterocycles. The van der Waals surface area contributed by atoms with Gasteiger partial charge in [-0.3, -0.25) is 14.7 Å². The topological polar surface area (TPSA) is 116 Å². The number of aryl methyl sites for hydroxylation is 1. The number of rotatable bonds is 7. The van der Waals surface area contributed by atoms with Crippen molar-refractivity contribution in [3.8, 4) is 0 Å². The summed E-state index contributed by atoms with van der Waals surface area (Å²) in [5, 5.41) is 25.2. The summed E-state index contributed by atoms with van der Waals surface area (Å²) < 4.78 is 0. The van der Waals surface area contributed by atoms with Crippen LogP contribution in [-0.2, 0) is 17.8 Å². The number of likely N-dealkylation sites (N-methyl/N-ethyl adjacent to an activating group) is 1. The molecule has 40 heavy (non-hydrogen) atoms. The van der Waals surface area contributed by atoms with E-state index in [1.807, 2.05) is 37.3 Å². The molecule has 5 rings (SSSR count). The van der Waals surface area contributed by atoms with Gasteiger partial charge in [-0.25, -0.2) is 0 Å². The molecule has 3 aliphatic rings. The lowest BCUT2D eigenvalue weighted by atomic mass is 10.0. The van der Waals surface area contributed by atoms with E-state index >= 15 is 0 Å². The van der Waals surface area contributed by atoms with E-state index in [1.54, 1.807) is 6.07 Å². The second kappa shape index (κ2) is 12.3. The minimum atomic E-state index is -1.53. The molecule has 212 valence electrons. The summed E-state index contributed by atoms with van der Waals surface area (Å²) in [4.78, 5) is 25.8. The highest BCUT2D eigenvalue weighted by Gasteiger charge is 2.20. The van der Waals surface area contributed by atoms with Crippen LogP contribution in [0, 0.1) is 12.8 Å². The fourth-order valence-electron chi connectivity index (χ4n) is 5.25. The average Bonchev–Trinajstić information content (AvgIpc) is 3.29. The Hall–Kier alpha value is -3.50. The maximum Gasteiger partial charge on any atom is 0.255 e. The fourth-order valence-corrected chi connectivity index (χ4v) is 5.25. The van der Waals surface area contributed by atoms with E-state index in [1.165, 1.54) is 5.57 Å². The first-order valence-electron chi connectivity index (χ1n) is 14.0. The van der Waals surface area contributed by atoms with Crippen molar-refractivity contribution in [1.29, 1.82) is 0 Å². The number of piperazine rings is 1. The number of nitrogens with one attached hydrogen (secondary N) is 3. The summed E-state index contributed by atoms with van der Waals surface area (Å²) in [6.07, 6.45) is 7.23. The number of aliphatic imine (C=N–C) groups is 1. The van der Waals surface area contributed by atoms with Crippen LogP contribution in [0.3, 0.4) is 0 Å². The summed E-state index contributed by atoms with van der Waals surface area (Å²) in [5.74, 6) is 0.962. The maximum absolute atomic E-state index is 13.2. The van der Waals surface area contributed by atoms with Gasteiger partial charge < -0.3 is 30.7 Å². The monoisotopic (exact) mass is 544 g/mol. The standard InChI is InChI=1S/C31H40N6O3/c1-20-4-6-22(7-8-23(20)19-37-12-10-36(3)11-13-37)30(38)34-26-9-5-21(2)25(15-26)17-32-27-14-24-16-28(31(39)40)35-29(24)33-18-27/h4-9,15-16,20,31,33,35,39-40H,10-14,17-19H2,1-3H3,(H,34,38). The van der Waals surface area contributed by atoms with Gasteiger partial charge in [0.25, 0.3) is 5.91 Å². The molecule has 0 saturated carbocycles. The highest BCUT2D eigenvalue weighted by atomic mass is 16.5. The van der Waals surface area contributed by atoms with Gasteiger partial charge in [0.1, 0.15) is 5.82 Å². The van der Waals surface area contributed by atoms with E-state index in [2.05, 4.69) is 51.5 Å². The number of anilines is 2. The number of aromatic nitrogens is 1. The van der Waals surface area contributed by atoms with Crippen molar-refractivity contribution >= 4 is 23.1 Å². The zero-order valence-corrected chi connectivity index (χ0v) is 23.6. The number of aromatic amines is 1. The van der Waals surface area contributed by atoms with E-state index in [-0.39, 0.29) is 11.8 Å². The molecule has 9 nitrogen and oxygen atoms in total. The average molecular weight is 545 g/mol. The molecule has 1 amide bonds. The second-order valence-corrected chi connectivity index (χ2v) is 11.1. The van der Waals surface area contributed by atoms with Crippen LogP contribution in [0.15, 0.2) is 64.7 Å². The number of H-pyrrole nitrogens is 1. The third kappa shape index (κ3) is 6.79. The zero-order chi connectivity index (χ0) is 28.2. The van der Waals surface area contributed by atoms with Crippen LogP contribution in [0.25, 0.3) is 0 Å². The molecule has 0 spiro atoms. The molecule has 2 aliphatic heterocycles. The molecule has 1 aromatic heterocycles. The largest absolute Gasteiger partial charge is 0.366 e. The lowest BCUT2D eigenvalue weighted by molar-refractivity contribution is -0.112. The van der Waals surface area contributed by atoms with Crippen molar-refractivity contribution in [2.24, 2.45) is 10.9 Å². The summed E-state index contributed by atoms with van der Waals surface area (Å²) in [6.45, 7) is 10.6. The predicted octanol–water partition coefficient (Wildman–Crippen LogP) is 3.16. The molecule has 1 unspecified atom stereocenters. The van der Waals surface area contributed by atoms with Crippen molar-refractivity contribution in [3.05, 3.63) is 82.1 Å². The number of carbonyl (C=O) groups is 1. The first-order chi connectivity index (χ1) is 19.2. The van der Waals surface area contributed by atoms with Crippen molar-refractivity contribution < 1.29 is 15.0 Å². The van der Waals surface area contributed by atoms with Gasteiger partial charge >= 0.3 is 0 Å². The Bertz CT molecular complexity index is 1360. The van der Waals surface area contributed by atoms with E-state index in [0.29, 0.717) is 30.8 Å². The lowest BCUT2D eigenvalue weighted by Gasteiger charge is -2.33. The molecular formula is C31H40N6O3. The van der Waals surface area contributed by atoms with Crippen LogP contribution in [-0.4, -0.2) is 82.9 Å². The quantitative estimate of drug-likeness (QED) is 0.342. The zero-order valence-electron chi connectivity index (χ0n) is 23.6. The van der Waals surface area contributed by atoms with Crippen LogP contribution in [0.5, 0.6) is 0 Å². The third-order valence-corrected chi connectivity index (χ3v) is 8.03.